The van der Waals surface area contributed by atoms with E-state index in [-0.39, 0.29) is 5.91 Å². The van der Waals surface area contributed by atoms with E-state index in [4.69, 9.17) is 4.74 Å². The zero-order valence-corrected chi connectivity index (χ0v) is 11.2. The van der Waals surface area contributed by atoms with Crippen LogP contribution in [0.5, 0.6) is 5.88 Å². The van der Waals surface area contributed by atoms with Gasteiger partial charge < -0.3 is 15.4 Å². The van der Waals surface area contributed by atoms with Gasteiger partial charge in [0, 0.05) is 45.5 Å². The van der Waals surface area contributed by atoms with Crippen LogP contribution in [-0.4, -0.2) is 62.2 Å². The number of aromatic nitrogens is 1. The lowest BCUT2D eigenvalue weighted by atomic mass is 10.2. The summed E-state index contributed by atoms with van der Waals surface area (Å²) in [5.41, 5.74) is 0.477. The van der Waals surface area contributed by atoms with Crippen molar-refractivity contribution in [2.75, 3.05) is 46.4 Å². The first-order chi connectivity index (χ1) is 9.31. The van der Waals surface area contributed by atoms with Gasteiger partial charge in [0.1, 0.15) is 5.56 Å². The van der Waals surface area contributed by atoms with E-state index in [2.05, 4.69) is 20.5 Å². The molecular formula is C13H20N4O2. The van der Waals surface area contributed by atoms with E-state index >= 15 is 0 Å². The molecule has 6 heteroatoms. The third-order valence-corrected chi connectivity index (χ3v) is 3.13. The minimum atomic E-state index is -0.139. The molecule has 1 aliphatic rings. The van der Waals surface area contributed by atoms with Gasteiger partial charge in [-0.1, -0.05) is 0 Å². The molecule has 0 spiro atoms. The van der Waals surface area contributed by atoms with Gasteiger partial charge in [0.2, 0.25) is 5.88 Å². The van der Waals surface area contributed by atoms with Crippen molar-refractivity contribution in [3.63, 3.8) is 0 Å². The number of piperazine rings is 1. The predicted molar refractivity (Wildman–Crippen MR) is 72.4 cm³/mol. The van der Waals surface area contributed by atoms with Crippen LogP contribution in [0.4, 0.5) is 0 Å². The molecule has 2 rings (SSSR count). The number of amides is 1. The topological polar surface area (TPSA) is 66.5 Å². The van der Waals surface area contributed by atoms with Crippen molar-refractivity contribution >= 4 is 5.91 Å². The van der Waals surface area contributed by atoms with Gasteiger partial charge in [0.05, 0.1) is 7.11 Å². The van der Waals surface area contributed by atoms with E-state index in [1.807, 2.05) is 0 Å². The molecule has 0 radical (unpaired) electrons. The number of carbonyl (C=O) groups excluding carboxylic acids is 1. The van der Waals surface area contributed by atoms with Crippen LogP contribution in [0.25, 0.3) is 0 Å². The summed E-state index contributed by atoms with van der Waals surface area (Å²) in [5, 5.41) is 6.20. The lowest BCUT2D eigenvalue weighted by Crippen LogP contribution is -2.46. The zero-order chi connectivity index (χ0) is 13.5. The van der Waals surface area contributed by atoms with Gasteiger partial charge in [0.25, 0.3) is 5.91 Å². The second-order valence-corrected chi connectivity index (χ2v) is 4.41. The molecular weight excluding hydrogens is 244 g/mol. The molecule has 1 amide bonds. The normalized spacial score (nSPS) is 16.1. The van der Waals surface area contributed by atoms with E-state index in [0.717, 1.165) is 32.7 Å². The van der Waals surface area contributed by atoms with E-state index in [1.54, 1.807) is 18.3 Å². The quantitative estimate of drug-likeness (QED) is 0.766. The molecule has 1 saturated heterocycles. The summed E-state index contributed by atoms with van der Waals surface area (Å²) in [4.78, 5) is 18.3. The number of hydrogen-bond donors (Lipinski definition) is 2. The van der Waals surface area contributed by atoms with Crippen molar-refractivity contribution in [1.82, 2.24) is 20.5 Å². The minimum Gasteiger partial charge on any atom is -0.480 e. The summed E-state index contributed by atoms with van der Waals surface area (Å²) in [6, 6.07) is 3.44. The van der Waals surface area contributed by atoms with Gasteiger partial charge >= 0.3 is 0 Å². The van der Waals surface area contributed by atoms with Gasteiger partial charge in [-0.15, -0.1) is 0 Å². The smallest absolute Gasteiger partial charge is 0.256 e. The summed E-state index contributed by atoms with van der Waals surface area (Å²) >= 11 is 0. The van der Waals surface area contributed by atoms with E-state index < -0.39 is 0 Å². The second kappa shape index (κ2) is 7.06. The maximum atomic E-state index is 12.0. The number of carbonyl (C=O) groups is 1. The SMILES string of the molecule is COc1ncccc1C(=O)NCCN1CCNCC1. The molecule has 6 nitrogen and oxygen atoms in total. The molecule has 1 aromatic heterocycles. The van der Waals surface area contributed by atoms with Gasteiger partial charge in [-0.3, -0.25) is 9.69 Å². The molecule has 2 heterocycles. The zero-order valence-electron chi connectivity index (χ0n) is 11.2. The van der Waals surface area contributed by atoms with Crippen molar-refractivity contribution < 1.29 is 9.53 Å². The predicted octanol–water partition coefficient (Wildman–Crippen LogP) is -0.275. The molecule has 0 aliphatic carbocycles. The van der Waals surface area contributed by atoms with E-state index in [1.165, 1.54) is 7.11 Å². The number of pyridine rings is 1. The number of nitrogens with zero attached hydrogens (tertiary/aromatic N) is 2. The Balaban J connectivity index is 1.80. The van der Waals surface area contributed by atoms with Crippen molar-refractivity contribution in [1.29, 1.82) is 0 Å². The molecule has 0 unspecified atom stereocenters. The second-order valence-electron chi connectivity index (χ2n) is 4.41. The van der Waals surface area contributed by atoms with Crippen LogP contribution < -0.4 is 15.4 Å². The number of methoxy groups -OCH3 is 1. The van der Waals surface area contributed by atoms with Crippen LogP contribution >= 0.6 is 0 Å². The van der Waals surface area contributed by atoms with E-state index in [9.17, 15) is 4.79 Å². The number of nitrogens with one attached hydrogen (secondary N) is 2. The van der Waals surface area contributed by atoms with Crippen molar-refractivity contribution in [3.05, 3.63) is 23.9 Å². The Bertz CT molecular complexity index is 419. The summed E-state index contributed by atoms with van der Waals surface area (Å²) in [6.45, 7) is 5.61. The Hall–Kier alpha value is -1.66. The fourth-order valence-electron chi connectivity index (χ4n) is 2.08. The molecule has 1 aliphatic heterocycles. The highest BCUT2D eigenvalue weighted by Gasteiger charge is 2.13. The Morgan fingerprint density at radius 1 is 1.53 bits per heavy atom. The fourth-order valence-corrected chi connectivity index (χ4v) is 2.08. The highest BCUT2D eigenvalue weighted by molar-refractivity contribution is 5.96. The van der Waals surface area contributed by atoms with Crippen LogP contribution in [0, 0.1) is 0 Å². The molecule has 1 aromatic rings. The molecule has 0 bridgehead atoms. The molecule has 104 valence electrons. The average molecular weight is 264 g/mol. The third-order valence-electron chi connectivity index (χ3n) is 3.13. The van der Waals surface area contributed by atoms with Crippen LogP contribution in [0.2, 0.25) is 0 Å². The summed E-state index contributed by atoms with van der Waals surface area (Å²) in [7, 11) is 1.51. The average Bonchev–Trinajstić information content (AvgIpc) is 2.48. The first-order valence-electron chi connectivity index (χ1n) is 6.51. The maximum Gasteiger partial charge on any atom is 0.256 e. The van der Waals surface area contributed by atoms with Crippen LogP contribution in [-0.2, 0) is 0 Å². The Morgan fingerprint density at radius 3 is 3.05 bits per heavy atom. The third kappa shape index (κ3) is 3.90. The fraction of sp³-hybridized carbons (Fsp3) is 0.538. The first-order valence-corrected chi connectivity index (χ1v) is 6.51. The molecule has 2 N–H and O–H groups in total. The van der Waals surface area contributed by atoms with Crippen molar-refractivity contribution in [3.8, 4) is 5.88 Å². The van der Waals surface area contributed by atoms with E-state index in [0.29, 0.717) is 18.0 Å². The van der Waals surface area contributed by atoms with Crippen molar-refractivity contribution in [2.45, 2.75) is 0 Å². The van der Waals surface area contributed by atoms with Crippen LogP contribution in [0.1, 0.15) is 10.4 Å². The Morgan fingerprint density at radius 2 is 2.32 bits per heavy atom. The van der Waals surface area contributed by atoms with Crippen molar-refractivity contribution in [2.24, 2.45) is 0 Å². The van der Waals surface area contributed by atoms with Gasteiger partial charge in [-0.05, 0) is 12.1 Å². The summed E-state index contributed by atoms with van der Waals surface area (Å²) in [5.74, 6) is 0.224. The molecule has 1 fully saturated rings. The Kier molecular flexibility index (Phi) is 5.11. The maximum absolute atomic E-state index is 12.0. The van der Waals surface area contributed by atoms with Gasteiger partial charge in [-0.25, -0.2) is 4.98 Å². The number of ether oxygens (including phenoxy) is 1. The lowest BCUT2D eigenvalue weighted by molar-refractivity contribution is 0.0943. The lowest BCUT2D eigenvalue weighted by Gasteiger charge is -2.27. The number of rotatable bonds is 5. The molecule has 0 aromatic carbocycles. The molecule has 0 atom stereocenters. The monoisotopic (exact) mass is 264 g/mol. The van der Waals surface area contributed by atoms with Gasteiger partial charge in [-0.2, -0.15) is 0 Å². The Labute approximate surface area is 113 Å². The standard InChI is InChI=1S/C13H20N4O2/c1-19-13-11(3-2-4-16-13)12(18)15-7-10-17-8-5-14-6-9-17/h2-4,14H,5-10H2,1H3,(H,15,18). The van der Waals surface area contributed by atoms with Crippen LogP contribution in [0.3, 0.4) is 0 Å². The van der Waals surface area contributed by atoms with Crippen LogP contribution in [0.15, 0.2) is 18.3 Å². The highest BCUT2D eigenvalue weighted by Crippen LogP contribution is 2.12. The first kappa shape index (κ1) is 13.8. The minimum absolute atomic E-state index is 0.139. The van der Waals surface area contributed by atoms with Gasteiger partial charge in [0.15, 0.2) is 0 Å². The molecule has 19 heavy (non-hydrogen) atoms. The summed E-state index contributed by atoms with van der Waals surface area (Å²) in [6.07, 6.45) is 1.61. The summed E-state index contributed by atoms with van der Waals surface area (Å²) < 4.78 is 5.07. The largest absolute Gasteiger partial charge is 0.480 e. The number of hydrogen-bond acceptors (Lipinski definition) is 5. The highest BCUT2D eigenvalue weighted by atomic mass is 16.5. The molecule has 0 saturated carbocycles.